The third-order valence-electron chi connectivity index (χ3n) is 5.98. The van der Waals surface area contributed by atoms with Gasteiger partial charge in [0.2, 0.25) is 0 Å². The van der Waals surface area contributed by atoms with Gasteiger partial charge in [-0.25, -0.2) is 13.8 Å². The van der Waals surface area contributed by atoms with Gasteiger partial charge in [0.05, 0.1) is 17.4 Å². The van der Waals surface area contributed by atoms with Crippen LogP contribution in [0.15, 0.2) is 54.7 Å². The molecule has 7 nitrogen and oxygen atoms in total. The Kier molecular flexibility index (Phi) is 5.75. The smallest absolute Gasteiger partial charge is 0.276 e. The first-order valence-corrected chi connectivity index (χ1v) is 11.0. The highest BCUT2D eigenvalue weighted by atomic mass is 19.2. The van der Waals surface area contributed by atoms with E-state index in [0.717, 1.165) is 31.7 Å². The third kappa shape index (κ3) is 4.24. The lowest BCUT2D eigenvalue weighted by Gasteiger charge is -2.11. The lowest BCUT2D eigenvalue weighted by atomic mass is 10.0. The zero-order chi connectivity index (χ0) is 23.7. The summed E-state index contributed by atoms with van der Waals surface area (Å²) in [4.78, 5) is 29.4. The van der Waals surface area contributed by atoms with E-state index >= 15 is 0 Å². The van der Waals surface area contributed by atoms with Gasteiger partial charge in [-0.15, -0.1) is 0 Å². The highest BCUT2D eigenvalue weighted by Crippen LogP contribution is 2.28. The minimum atomic E-state index is -0.959. The number of aromatic amines is 1. The Hall–Kier alpha value is -4.14. The zero-order valence-corrected chi connectivity index (χ0v) is 18.1. The summed E-state index contributed by atoms with van der Waals surface area (Å²) in [6.07, 6.45) is 5.59. The molecule has 0 radical (unpaired) electrons. The highest BCUT2D eigenvalue weighted by Gasteiger charge is 2.20. The number of carbonyl (C=O) groups excluding carboxylic acids is 2. The second-order valence-electron chi connectivity index (χ2n) is 8.28. The molecular formula is C25H21F2N5O2. The molecule has 4 aromatic rings. The van der Waals surface area contributed by atoms with Crippen LogP contribution in [-0.4, -0.2) is 33.0 Å². The van der Waals surface area contributed by atoms with E-state index in [0.29, 0.717) is 22.2 Å². The molecular weight excluding hydrogens is 440 g/mol. The Morgan fingerprint density at radius 2 is 1.82 bits per heavy atom. The number of fused-ring (bicyclic) bond motifs is 1. The number of carbonyl (C=O) groups is 2. The average Bonchev–Trinajstić information content (AvgIpc) is 3.50. The third-order valence-corrected chi connectivity index (χ3v) is 5.98. The molecule has 0 spiro atoms. The lowest BCUT2D eigenvalue weighted by Crippen LogP contribution is -2.33. The van der Waals surface area contributed by atoms with Crippen LogP contribution < -0.4 is 10.6 Å². The summed E-state index contributed by atoms with van der Waals surface area (Å²) in [5.41, 5.74) is 1.84. The number of benzene rings is 2. The van der Waals surface area contributed by atoms with Gasteiger partial charge in [0.25, 0.3) is 11.8 Å². The predicted octanol–water partition coefficient (Wildman–Crippen LogP) is 4.83. The SMILES string of the molecule is O=C(NC1CCCC1)c1ccc(NC(=O)c2n[nH]c3ccc(-c4cccc(F)c4F)cc23)cn1. The first-order valence-electron chi connectivity index (χ1n) is 11.0. The van der Waals surface area contributed by atoms with E-state index < -0.39 is 17.5 Å². The number of hydrogen-bond acceptors (Lipinski definition) is 4. The van der Waals surface area contributed by atoms with Crippen LogP contribution in [0, 0.1) is 11.6 Å². The van der Waals surface area contributed by atoms with Crippen molar-refractivity contribution in [1.82, 2.24) is 20.5 Å². The molecule has 1 aliphatic rings. The fourth-order valence-electron chi connectivity index (χ4n) is 4.20. The van der Waals surface area contributed by atoms with Crippen LogP contribution >= 0.6 is 0 Å². The maximum absolute atomic E-state index is 14.2. The van der Waals surface area contributed by atoms with Crippen LogP contribution in [-0.2, 0) is 0 Å². The van der Waals surface area contributed by atoms with Crippen LogP contribution in [0.25, 0.3) is 22.0 Å². The van der Waals surface area contributed by atoms with Crippen molar-refractivity contribution in [3.63, 3.8) is 0 Å². The molecule has 2 aromatic carbocycles. The molecule has 0 saturated heterocycles. The predicted molar refractivity (Wildman–Crippen MR) is 123 cm³/mol. The molecule has 0 bridgehead atoms. The first kappa shape index (κ1) is 21.7. The van der Waals surface area contributed by atoms with Gasteiger partial charge in [0, 0.05) is 17.0 Å². The summed E-state index contributed by atoms with van der Waals surface area (Å²) < 4.78 is 27.9. The minimum Gasteiger partial charge on any atom is -0.348 e. The number of nitrogens with zero attached hydrogens (tertiary/aromatic N) is 2. The van der Waals surface area contributed by atoms with E-state index in [1.807, 2.05) is 0 Å². The van der Waals surface area contributed by atoms with Gasteiger partial charge in [-0.1, -0.05) is 31.0 Å². The number of halogens is 2. The molecule has 172 valence electrons. The van der Waals surface area contributed by atoms with Crippen molar-refractivity contribution in [2.75, 3.05) is 5.32 Å². The second-order valence-corrected chi connectivity index (χ2v) is 8.28. The average molecular weight is 461 g/mol. The molecule has 3 N–H and O–H groups in total. The van der Waals surface area contributed by atoms with Crippen LogP contribution in [0.4, 0.5) is 14.5 Å². The second kappa shape index (κ2) is 9.01. The molecule has 1 aliphatic carbocycles. The zero-order valence-electron chi connectivity index (χ0n) is 18.1. The molecule has 0 atom stereocenters. The maximum atomic E-state index is 14.2. The molecule has 5 rings (SSSR count). The Labute approximate surface area is 193 Å². The summed E-state index contributed by atoms with van der Waals surface area (Å²) in [6.45, 7) is 0. The van der Waals surface area contributed by atoms with Gasteiger partial charge in [0.15, 0.2) is 17.3 Å². The fourth-order valence-corrected chi connectivity index (χ4v) is 4.20. The molecule has 34 heavy (non-hydrogen) atoms. The summed E-state index contributed by atoms with van der Waals surface area (Å²) >= 11 is 0. The number of aromatic nitrogens is 3. The summed E-state index contributed by atoms with van der Waals surface area (Å²) in [5, 5.41) is 13.0. The topological polar surface area (TPSA) is 99.8 Å². The Morgan fingerprint density at radius 3 is 2.59 bits per heavy atom. The van der Waals surface area contributed by atoms with E-state index in [-0.39, 0.29) is 28.9 Å². The van der Waals surface area contributed by atoms with Gasteiger partial charge in [0.1, 0.15) is 5.69 Å². The van der Waals surface area contributed by atoms with Crippen molar-refractivity contribution in [3.05, 3.63) is 77.8 Å². The van der Waals surface area contributed by atoms with Crippen LogP contribution in [0.5, 0.6) is 0 Å². The summed E-state index contributed by atoms with van der Waals surface area (Å²) in [6, 6.07) is 12.1. The molecule has 1 fully saturated rings. The van der Waals surface area contributed by atoms with Crippen molar-refractivity contribution >= 4 is 28.4 Å². The molecule has 9 heteroatoms. The van der Waals surface area contributed by atoms with Crippen LogP contribution in [0.3, 0.4) is 0 Å². The Morgan fingerprint density at radius 1 is 1.00 bits per heavy atom. The molecule has 1 saturated carbocycles. The molecule has 0 aliphatic heterocycles. The fraction of sp³-hybridized carbons (Fsp3) is 0.200. The molecule has 2 aromatic heterocycles. The number of pyridine rings is 1. The maximum Gasteiger partial charge on any atom is 0.276 e. The first-order chi connectivity index (χ1) is 16.5. The van der Waals surface area contributed by atoms with E-state index in [4.69, 9.17) is 0 Å². The van der Waals surface area contributed by atoms with Crippen molar-refractivity contribution in [2.45, 2.75) is 31.7 Å². The number of rotatable bonds is 5. The van der Waals surface area contributed by atoms with Crippen molar-refractivity contribution in [1.29, 1.82) is 0 Å². The number of nitrogens with one attached hydrogen (secondary N) is 3. The van der Waals surface area contributed by atoms with E-state index in [1.54, 1.807) is 30.3 Å². The van der Waals surface area contributed by atoms with E-state index in [9.17, 15) is 18.4 Å². The Balaban J connectivity index is 1.34. The number of amides is 2. The van der Waals surface area contributed by atoms with Crippen molar-refractivity contribution < 1.29 is 18.4 Å². The molecule has 2 amide bonds. The standard InChI is InChI=1S/C25H21F2N5O2/c26-19-7-3-6-17(22(19)27)14-8-10-20-18(12-14)23(32-31-20)25(34)30-16-9-11-21(28-13-16)24(33)29-15-4-1-2-5-15/h3,6-13,15H,1-2,4-5H2,(H,29,33)(H,30,34)(H,31,32). The molecule has 0 unspecified atom stereocenters. The highest BCUT2D eigenvalue weighted by molar-refractivity contribution is 6.11. The van der Waals surface area contributed by atoms with E-state index in [2.05, 4.69) is 25.8 Å². The quantitative estimate of drug-likeness (QED) is 0.396. The van der Waals surface area contributed by atoms with Gasteiger partial charge in [-0.2, -0.15) is 5.10 Å². The van der Waals surface area contributed by atoms with Gasteiger partial charge in [-0.3, -0.25) is 14.7 Å². The number of anilines is 1. The van der Waals surface area contributed by atoms with Gasteiger partial charge in [-0.05, 0) is 48.7 Å². The normalized spacial score (nSPS) is 13.8. The van der Waals surface area contributed by atoms with Gasteiger partial charge < -0.3 is 10.6 Å². The monoisotopic (exact) mass is 461 g/mol. The molecule has 2 heterocycles. The number of hydrogen-bond donors (Lipinski definition) is 3. The largest absolute Gasteiger partial charge is 0.348 e. The minimum absolute atomic E-state index is 0.0881. The van der Waals surface area contributed by atoms with E-state index in [1.165, 1.54) is 18.3 Å². The van der Waals surface area contributed by atoms with Crippen LogP contribution in [0.2, 0.25) is 0 Å². The Bertz CT molecular complexity index is 1380. The van der Waals surface area contributed by atoms with Gasteiger partial charge >= 0.3 is 0 Å². The van der Waals surface area contributed by atoms with Crippen molar-refractivity contribution in [3.8, 4) is 11.1 Å². The summed E-state index contributed by atoms with van der Waals surface area (Å²) in [5.74, 6) is -2.65. The lowest BCUT2D eigenvalue weighted by molar-refractivity contribution is 0.0932. The number of H-pyrrole nitrogens is 1. The van der Waals surface area contributed by atoms with Crippen molar-refractivity contribution in [2.24, 2.45) is 0 Å². The summed E-state index contributed by atoms with van der Waals surface area (Å²) in [7, 11) is 0. The van der Waals surface area contributed by atoms with Crippen LogP contribution in [0.1, 0.15) is 46.7 Å².